The molecule has 1 aliphatic rings. The molecule has 2 heterocycles. The van der Waals surface area contributed by atoms with E-state index in [-0.39, 0.29) is 5.91 Å². The average molecular weight is 391 g/mol. The molecule has 0 radical (unpaired) electrons. The number of amides is 1. The van der Waals surface area contributed by atoms with Crippen LogP contribution in [-0.4, -0.2) is 60.9 Å². The summed E-state index contributed by atoms with van der Waals surface area (Å²) in [4.78, 5) is 18.5. The van der Waals surface area contributed by atoms with E-state index in [0.29, 0.717) is 57.1 Å². The topological polar surface area (TPSA) is 83.7 Å². The first-order valence-electron chi connectivity index (χ1n) is 9.07. The molecule has 7 nitrogen and oxygen atoms in total. The van der Waals surface area contributed by atoms with Crippen LogP contribution in [0.4, 0.5) is 0 Å². The molecular weight excluding hydrogens is 366 g/mol. The summed E-state index contributed by atoms with van der Waals surface area (Å²) in [6, 6.07) is 7.99. The van der Waals surface area contributed by atoms with Crippen LogP contribution in [0.5, 0.6) is 0 Å². The fraction of sp³-hybridized carbons (Fsp3) is 0.474. The normalized spacial score (nSPS) is 16.3. The van der Waals surface area contributed by atoms with Crippen molar-refractivity contribution in [3.05, 3.63) is 41.9 Å². The van der Waals surface area contributed by atoms with Crippen LogP contribution < -0.4 is 0 Å². The highest BCUT2D eigenvalue weighted by atomic mass is 32.2. The molecule has 2 aromatic rings. The van der Waals surface area contributed by atoms with Gasteiger partial charge in [-0.15, -0.1) is 0 Å². The summed E-state index contributed by atoms with van der Waals surface area (Å²) in [7, 11) is -3.21. The number of carbonyl (C=O) groups excluding carboxylic acids is 1. The standard InChI is InChI=1S/C19H25N3O4S/c1-15-4-6-16(7-5-15)17-14-20-18(26-17)8-9-19(23)21-10-3-11-22(13-12-21)27(2,24)25/h4-7,14H,3,8-13H2,1-2H3. The van der Waals surface area contributed by atoms with Crippen molar-refractivity contribution in [1.82, 2.24) is 14.2 Å². The minimum atomic E-state index is -3.21. The summed E-state index contributed by atoms with van der Waals surface area (Å²) in [5.74, 6) is 1.22. The van der Waals surface area contributed by atoms with Gasteiger partial charge in [-0.25, -0.2) is 17.7 Å². The number of hydrogen-bond donors (Lipinski definition) is 0. The molecule has 0 unspecified atom stereocenters. The lowest BCUT2D eigenvalue weighted by atomic mass is 10.1. The Balaban J connectivity index is 1.54. The van der Waals surface area contributed by atoms with Gasteiger partial charge in [0.25, 0.3) is 0 Å². The molecule has 0 saturated carbocycles. The van der Waals surface area contributed by atoms with E-state index in [0.717, 1.165) is 5.56 Å². The summed E-state index contributed by atoms with van der Waals surface area (Å²) < 4.78 is 30.5. The number of sulfonamides is 1. The van der Waals surface area contributed by atoms with Crippen LogP contribution in [0.25, 0.3) is 11.3 Å². The zero-order chi connectivity index (χ0) is 19.4. The van der Waals surface area contributed by atoms with Crippen molar-refractivity contribution in [1.29, 1.82) is 0 Å². The Morgan fingerprint density at radius 1 is 1.15 bits per heavy atom. The van der Waals surface area contributed by atoms with Gasteiger partial charge in [0.2, 0.25) is 15.9 Å². The Kier molecular flexibility index (Phi) is 5.96. The van der Waals surface area contributed by atoms with Gasteiger partial charge in [-0.3, -0.25) is 4.79 Å². The number of aryl methyl sites for hydroxylation is 2. The first kappa shape index (κ1) is 19.6. The summed E-state index contributed by atoms with van der Waals surface area (Å²) in [6.07, 6.45) is 4.26. The SMILES string of the molecule is Cc1ccc(-c2cnc(CCC(=O)N3CCCN(S(C)(=O)=O)CC3)o2)cc1. The van der Waals surface area contributed by atoms with Crippen LogP contribution in [0.1, 0.15) is 24.3 Å². The van der Waals surface area contributed by atoms with Crippen molar-refractivity contribution in [3.63, 3.8) is 0 Å². The Labute approximate surface area is 160 Å². The van der Waals surface area contributed by atoms with E-state index < -0.39 is 10.0 Å². The molecular formula is C19H25N3O4S. The molecule has 1 aromatic carbocycles. The molecule has 0 atom stereocenters. The number of rotatable bonds is 5. The number of benzene rings is 1. The quantitative estimate of drug-likeness (QED) is 0.779. The van der Waals surface area contributed by atoms with E-state index in [9.17, 15) is 13.2 Å². The molecule has 0 aliphatic carbocycles. The Morgan fingerprint density at radius 3 is 2.59 bits per heavy atom. The molecule has 27 heavy (non-hydrogen) atoms. The zero-order valence-corrected chi connectivity index (χ0v) is 16.5. The third kappa shape index (κ3) is 5.17. The van der Waals surface area contributed by atoms with Gasteiger partial charge >= 0.3 is 0 Å². The van der Waals surface area contributed by atoms with Crippen molar-refractivity contribution >= 4 is 15.9 Å². The molecule has 0 spiro atoms. The molecule has 146 valence electrons. The van der Waals surface area contributed by atoms with Crippen molar-refractivity contribution in [2.75, 3.05) is 32.4 Å². The molecule has 8 heteroatoms. The van der Waals surface area contributed by atoms with Crippen LogP contribution in [0.3, 0.4) is 0 Å². The Morgan fingerprint density at radius 2 is 1.89 bits per heavy atom. The average Bonchev–Trinajstić information content (AvgIpc) is 2.94. The fourth-order valence-corrected chi connectivity index (χ4v) is 4.00. The Hall–Kier alpha value is -2.19. The number of hydrogen-bond acceptors (Lipinski definition) is 5. The third-order valence-electron chi connectivity index (χ3n) is 4.72. The Bertz CT molecular complexity index is 890. The van der Waals surface area contributed by atoms with Crippen LogP contribution in [-0.2, 0) is 21.2 Å². The maximum absolute atomic E-state index is 12.5. The zero-order valence-electron chi connectivity index (χ0n) is 15.7. The molecule has 3 rings (SSSR count). The van der Waals surface area contributed by atoms with Crippen LogP contribution in [0, 0.1) is 6.92 Å². The van der Waals surface area contributed by atoms with Crippen molar-refractivity contribution in [2.45, 2.75) is 26.2 Å². The van der Waals surface area contributed by atoms with E-state index in [1.165, 1.54) is 16.1 Å². The van der Waals surface area contributed by atoms with Gasteiger partial charge < -0.3 is 9.32 Å². The minimum absolute atomic E-state index is 0.000405. The highest BCUT2D eigenvalue weighted by Gasteiger charge is 2.23. The van der Waals surface area contributed by atoms with Crippen molar-refractivity contribution in [3.8, 4) is 11.3 Å². The predicted molar refractivity (Wildman–Crippen MR) is 103 cm³/mol. The number of aromatic nitrogens is 1. The highest BCUT2D eigenvalue weighted by molar-refractivity contribution is 7.88. The van der Waals surface area contributed by atoms with E-state index >= 15 is 0 Å². The van der Waals surface area contributed by atoms with Crippen LogP contribution in [0.15, 0.2) is 34.9 Å². The maximum atomic E-state index is 12.5. The lowest BCUT2D eigenvalue weighted by Crippen LogP contribution is -2.37. The summed E-state index contributed by atoms with van der Waals surface area (Å²) in [5, 5.41) is 0. The van der Waals surface area contributed by atoms with Crippen LogP contribution >= 0.6 is 0 Å². The molecule has 0 N–H and O–H groups in total. The second-order valence-corrected chi connectivity index (χ2v) is 8.86. The van der Waals surface area contributed by atoms with Crippen molar-refractivity contribution < 1.29 is 17.6 Å². The second-order valence-electron chi connectivity index (χ2n) is 6.88. The first-order chi connectivity index (χ1) is 12.8. The smallest absolute Gasteiger partial charge is 0.223 e. The molecule has 0 bridgehead atoms. The summed E-state index contributed by atoms with van der Waals surface area (Å²) in [6.45, 7) is 3.83. The molecule has 1 aromatic heterocycles. The monoisotopic (exact) mass is 391 g/mol. The van der Waals surface area contributed by atoms with Crippen molar-refractivity contribution in [2.24, 2.45) is 0 Å². The lowest BCUT2D eigenvalue weighted by molar-refractivity contribution is -0.131. The highest BCUT2D eigenvalue weighted by Crippen LogP contribution is 2.21. The summed E-state index contributed by atoms with van der Waals surface area (Å²) in [5.41, 5.74) is 2.13. The second kappa shape index (κ2) is 8.22. The van der Waals surface area contributed by atoms with Gasteiger partial charge in [0.15, 0.2) is 11.7 Å². The van der Waals surface area contributed by atoms with E-state index in [4.69, 9.17) is 4.42 Å². The van der Waals surface area contributed by atoms with E-state index in [1.807, 2.05) is 31.2 Å². The molecule has 1 aliphatic heterocycles. The number of nitrogens with zero attached hydrogens (tertiary/aromatic N) is 3. The van der Waals surface area contributed by atoms with Gasteiger partial charge in [-0.1, -0.05) is 29.8 Å². The van der Waals surface area contributed by atoms with Gasteiger partial charge in [-0.2, -0.15) is 0 Å². The molecule has 1 saturated heterocycles. The molecule has 1 amide bonds. The van der Waals surface area contributed by atoms with Gasteiger partial charge in [-0.05, 0) is 13.3 Å². The first-order valence-corrected chi connectivity index (χ1v) is 10.9. The number of carbonyl (C=O) groups is 1. The maximum Gasteiger partial charge on any atom is 0.223 e. The van der Waals surface area contributed by atoms with Gasteiger partial charge in [0, 0.05) is 44.6 Å². The lowest BCUT2D eigenvalue weighted by Gasteiger charge is -2.20. The fourth-order valence-electron chi connectivity index (χ4n) is 3.12. The van der Waals surface area contributed by atoms with E-state index in [1.54, 1.807) is 11.1 Å². The third-order valence-corrected chi connectivity index (χ3v) is 6.02. The van der Waals surface area contributed by atoms with Crippen LogP contribution in [0.2, 0.25) is 0 Å². The predicted octanol–water partition coefficient (Wildman–Crippen LogP) is 2.08. The van der Waals surface area contributed by atoms with Gasteiger partial charge in [0.1, 0.15) is 0 Å². The van der Waals surface area contributed by atoms with Gasteiger partial charge in [0.05, 0.1) is 12.5 Å². The minimum Gasteiger partial charge on any atom is -0.441 e. The number of oxazole rings is 1. The largest absolute Gasteiger partial charge is 0.441 e. The van der Waals surface area contributed by atoms with E-state index in [2.05, 4.69) is 4.98 Å². The molecule has 1 fully saturated rings. The summed E-state index contributed by atoms with van der Waals surface area (Å²) >= 11 is 0.